The summed E-state index contributed by atoms with van der Waals surface area (Å²) < 4.78 is 6.72. The third kappa shape index (κ3) is 5.88. The molecule has 0 spiro atoms. The summed E-state index contributed by atoms with van der Waals surface area (Å²) in [5.74, 6) is -0.649. The van der Waals surface area contributed by atoms with Crippen LogP contribution in [0.4, 0.5) is 0 Å². The Labute approximate surface area is 210 Å². The van der Waals surface area contributed by atoms with Crippen LogP contribution in [0.25, 0.3) is 5.76 Å². The molecule has 1 saturated heterocycles. The summed E-state index contributed by atoms with van der Waals surface area (Å²) in [5, 5.41) is 11.3. The van der Waals surface area contributed by atoms with E-state index in [1.165, 1.54) is 0 Å². The van der Waals surface area contributed by atoms with Crippen molar-refractivity contribution in [1.82, 2.24) is 9.80 Å². The molecule has 1 aliphatic rings. The standard InChI is InChI=1S/C27H33BrN2O4/c1-5-6-16-34-22-13-10-20(17-18(22)2)25(31)23-24(19-8-11-21(28)12-9-19)30(27(33)26(23)32)15-7-14-29(3)4/h8-13,17,24,31H,5-7,14-16H2,1-4H3/b25-23-. The van der Waals surface area contributed by atoms with Gasteiger partial charge in [0.25, 0.3) is 11.7 Å². The smallest absolute Gasteiger partial charge is 0.295 e. The van der Waals surface area contributed by atoms with Gasteiger partial charge in [-0.2, -0.15) is 0 Å². The summed E-state index contributed by atoms with van der Waals surface area (Å²) in [6, 6.07) is 12.2. The Balaban J connectivity index is 2.02. The van der Waals surface area contributed by atoms with Gasteiger partial charge >= 0.3 is 0 Å². The summed E-state index contributed by atoms with van der Waals surface area (Å²) >= 11 is 3.44. The number of carbonyl (C=O) groups is 2. The van der Waals surface area contributed by atoms with E-state index in [1.807, 2.05) is 56.3 Å². The molecule has 0 aliphatic carbocycles. The molecule has 2 aromatic rings. The molecule has 6 nitrogen and oxygen atoms in total. The lowest BCUT2D eigenvalue weighted by molar-refractivity contribution is -0.139. The molecule has 1 aliphatic heterocycles. The van der Waals surface area contributed by atoms with Crippen molar-refractivity contribution in [3.05, 3.63) is 69.2 Å². The third-order valence-electron chi connectivity index (χ3n) is 5.93. The molecule has 7 heteroatoms. The highest BCUT2D eigenvalue weighted by Gasteiger charge is 2.45. The number of carbonyl (C=O) groups excluding carboxylic acids is 2. The van der Waals surface area contributed by atoms with Crippen molar-refractivity contribution < 1.29 is 19.4 Å². The van der Waals surface area contributed by atoms with Gasteiger partial charge in [-0.15, -0.1) is 0 Å². The van der Waals surface area contributed by atoms with Crippen molar-refractivity contribution >= 4 is 33.4 Å². The molecule has 0 saturated carbocycles. The van der Waals surface area contributed by atoms with Crippen molar-refractivity contribution in [3.63, 3.8) is 0 Å². The van der Waals surface area contributed by atoms with E-state index in [9.17, 15) is 14.7 Å². The zero-order valence-electron chi connectivity index (χ0n) is 20.3. The average molecular weight is 529 g/mol. The maximum atomic E-state index is 13.2. The molecule has 0 aromatic heterocycles. The molecule has 182 valence electrons. The van der Waals surface area contributed by atoms with E-state index in [1.54, 1.807) is 17.0 Å². The Hall–Kier alpha value is -2.64. The van der Waals surface area contributed by atoms with Crippen LogP contribution in [0.2, 0.25) is 0 Å². The maximum Gasteiger partial charge on any atom is 0.295 e. The third-order valence-corrected chi connectivity index (χ3v) is 6.46. The van der Waals surface area contributed by atoms with Crippen molar-refractivity contribution in [2.45, 2.75) is 39.2 Å². The van der Waals surface area contributed by atoms with Gasteiger partial charge in [0.15, 0.2) is 0 Å². The molecular formula is C27H33BrN2O4. The maximum absolute atomic E-state index is 13.2. The van der Waals surface area contributed by atoms with Crippen LogP contribution in [0.1, 0.15) is 48.9 Å². The van der Waals surface area contributed by atoms with Crippen LogP contribution in [-0.4, -0.2) is 60.4 Å². The zero-order valence-corrected chi connectivity index (χ0v) is 21.9. The molecule has 2 aromatic carbocycles. The number of unbranched alkanes of at least 4 members (excludes halogenated alkanes) is 1. The summed E-state index contributed by atoms with van der Waals surface area (Å²) in [5.41, 5.74) is 2.26. The van der Waals surface area contributed by atoms with Gasteiger partial charge in [-0.05, 0) is 81.9 Å². The molecule has 1 unspecified atom stereocenters. The number of ether oxygens (including phenoxy) is 1. The number of aliphatic hydroxyl groups is 1. The first-order valence-corrected chi connectivity index (χ1v) is 12.5. The average Bonchev–Trinajstić information content (AvgIpc) is 3.05. The van der Waals surface area contributed by atoms with Crippen molar-refractivity contribution in [1.29, 1.82) is 0 Å². The molecule has 1 amide bonds. The lowest BCUT2D eigenvalue weighted by Crippen LogP contribution is -2.32. The van der Waals surface area contributed by atoms with E-state index in [4.69, 9.17) is 4.74 Å². The molecule has 1 heterocycles. The monoisotopic (exact) mass is 528 g/mol. The molecule has 1 fully saturated rings. The Kier molecular flexibility index (Phi) is 8.91. The van der Waals surface area contributed by atoms with Gasteiger partial charge in [0.2, 0.25) is 0 Å². The number of rotatable bonds is 10. The van der Waals surface area contributed by atoms with Crippen LogP contribution in [0.15, 0.2) is 52.5 Å². The minimum Gasteiger partial charge on any atom is -0.507 e. The number of hydrogen-bond acceptors (Lipinski definition) is 5. The van der Waals surface area contributed by atoms with E-state index in [0.717, 1.165) is 47.2 Å². The van der Waals surface area contributed by atoms with E-state index >= 15 is 0 Å². The second kappa shape index (κ2) is 11.7. The van der Waals surface area contributed by atoms with Gasteiger partial charge in [-0.1, -0.05) is 41.4 Å². The minimum absolute atomic E-state index is 0.122. The zero-order chi connectivity index (χ0) is 24.8. The Morgan fingerprint density at radius 1 is 1.12 bits per heavy atom. The number of nitrogens with zero attached hydrogens (tertiary/aromatic N) is 2. The first kappa shape index (κ1) is 26.0. The Morgan fingerprint density at radius 2 is 1.82 bits per heavy atom. The lowest BCUT2D eigenvalue weighted by Gasteiger charge is -2.26. The van der Waals surface area contributed by atoms with Crippen LogP contribution in [0.5, 0.6) is 5.75 Å². The Bertz CT molecular complexity index is 1060. The summed E-state index contributed by atoms with van der Waals surface area (Å²) in [4.78, 5) is 29.8. The number of amides is 1. The molecule has 34 heavy (non-hydrogen) atoms. The molecular weight excluding hydrogens is 496 g/mol. The number of aryl methyl sites for hydroxylation is 1. The second-order valence-electron chi connectivity index (χ2n) is 8.88. The van der Waals surface area contributed by atoms with Crippen molar-refractivity contribution in [2.75, 3.05) is 33.8 Å². The molecule has 3 rings (SSSR count). The predicted molar refractivity (Wildman–Crippen MR) is 138 cm³/mol. The van der Waals surface area contributed by atoms with Gasteiger partial charge in [-0.25, -0.2) is 0 Å². The van der Waals surface area contributed by atoms with E-state index in [0.29, 0.717) is 18.7 Å². The quantitative estimate of drug-likeness (QED) is 0.196. The van der Waals surface area contributed by atoms with Crippen LogP contribution in [-0.2, 0) is 9.59 Å². The molecule has 1 atom stereocenters. The normalized spacial score (nSPS) is 17.6. The summed E-state index contributed by atoms with van der Waals surface area (Å²) in [7, 11) is 3.94. The predicted octanol–water partition coefficient (Wildman–Crippen LogP) is 5.31. The van der Waals surface area contributed by atoms with Gasteiger partial charge in [-0.3, -0.25) is 9.59 Å². The highest BCUT2D eigenvalue weighted by molar-refractivity contribution is 9.10. The highest BCUT2D eigenvalue weighted by atomic mass is 79.9. The van der Waals surface area contributed by atoms with Crippen LogP contribution >= 0.6 is 15.9 Å². The van der Waals surface area contributed by atoms with E-state index in [-0.39, 0.29) is 11.3 Å². The van der Waals surface area contributed by atoms with Gasteiger partial charge < -0.3 is 19.6 Å². The van der Waals surface area contributed by atoms with Crippen molar-refractivity contribution in [3.8, 4) is 5.75 Å². The summed E-state index contributed by atoms with van der Waals surface area (Å²) in [6.45, 7) is 5.85. The van der Waals surface area contributed by atoms with Crippen LogP contribution in [0.3, 0.4) is 0 Å². The van der Waals surface area contributed by atoms with Crippen molar-refractivity contribution in [2.24, 2.45) is 0 Å². The SMILES string of the molecule is CCCCOc1ccc(/C(O)=C2/C(=O)C(=O)N(CCCN(C)C)C2c2ccc(Br)cc2)cc1C. The number of hydrogen-bond donors (Lipinski definition) is 1. The number of halogens is 1. The number of benzene rings is 2. The lowest BCUT2D eigenvalue weighted by atomic mass is 9.94. The topological polar surface area (TPSA) is 70.1 Å². The largest absolute Gasteiger partial charge is 0.507 e. The first-order valence-electron chi connectivity index (χ1n) is 11.7. The highest BCUT2D eigenvalue weighted by Crippen LogP contribution is 2.40. The number of ketones is 1. The fraction of sp³-hybridized carbons (Fsp3) is 0.407. The number of likely N-dealkylation sites (tertiary alicyclic amines) is 1. The fourth-order valence-corrected chi connectivity index (χ4v) is 4.36. The van der Waals surface area contributed by atoms with E-state index < -0.39 is 17.7 Å². The van der Waals surface area contributed by atoms with Gasteiger partial charge in [0.1, 0.15) is 11.5 Å². The fourth-order valence-electron chi connectivity index (χ4n) is 4.10. The molecule has 1 N–H and O–H groups in total. The van der Waals surface area contributed by atoms with E-state index in [2.05, 4.69) is 22.9 Å². The first-order chi connectivity index (χ1) is 16.2. The Morgan fingerprint density at radius 3 is 2.44 bits per heavy atom. The number of aliphatic hydroxyl groups excluding tert-OH is 1. The number of Topliss-reactive ketones (excluding diaryl/α,β-unsaturated/α-hetero) is 1. The molecule has 0 bridgehead atoms. The van der Waals surface area contributed by atoms with Crippen LogP contribution < -0.4 is 4.74 Å². The second-order valence-corrected chi connectivity index (χ2v) is 9.80. The van der Waals surface area contributed by atoms with Gasteiger partial charge in [0.05, 0.1) is 18.2 Å². The van der Waals surface area contributed by atoms with Crippen LogP contribution in [0, 0.1) is 6.92 Å². The minimum atomic E-state index is -0.656. The summed E-state index contributed by atoms with van der Waals surface area (Å²) in [6.07, 6.45) is 2.73. The molecule has 0 radical (unpaired) electrons. The van der Waals surface area contributed by atoms with Gasteiger partial charge in [0, 0.05) is 16.6 Å².